The SMILES string of the molecule is CC(C)CCCCNI(C)C. The number of rotatable bonds is 6. The van der Waals surface area contributed by atoms with Crippen LogP contribution in [0.2, 0.25) is 0 Å². The maximum absolute atomic E-state index is 3.58. The Kier molecular flexibility index (Phi) is 7.81. The summed E-state index contributed by atoms with van der Waals surface area (Å²) < 4.78 is 3.58. The van der Waals surface area contributed by atoms with E-state index in [4.69, 9.17) is 0 Å². The minimum atomic E-state index is -0.633. The van der Waals surface area contributed by atoms with Crippen molar-refractivity contribution in [2.45, 2.75) is 33.1 Å². The van der Waals surface area contributed by atoms with Crippen molar-refractivity contribution in [3.05, 3.63) is 0 Å². The van der Waals surface area contributed by atoms with Crippen molar-refractivity contribution in [3.63, 3.8) is 0 Å². The van der Waals surface area contributed by atoms with Gasteiger partial charge < -0.3 is 0 Å². The molecular formula is C9H22IN. The molecular weight excluding hydrogens is 249 g/mol. The van der Waals surface area contributed by atoms with Gasteiger partial charge in [-0.25, -0.2) is 0 Å². The summed E-state index contributed by atoms with van der Waals surface area (Å²) in [7, 11) is 0. The number of halogens is 1. The van der Waals surface area contributed by atoms with Crippen LogP contribution in [-0.4, -0.2) is 16.4 Å². The summed E-state index contributed by atoms with van der Waals surface area (Å²) in [5, 5.41) is 0. The Hall–Kier alpha value is 0.690. The van der Waals surface area contributed by atoms with Crippen LogP contribution >= 0.6 is 20.1 Å². The Bertz CT molecular complexity index is 71.6. The first kappa shape index (κ1) is 11.7. The molecule has 0 spiro atoms. The normalized spacial score (nSPS) is 12.3. The molecule has 0 aliphatic carbocycles. The second-order valence-corrected chi connectivity index (χ2v) is 8.61. The van der Waals surface area contributed by atoms with Crippen LogP contribution in [0.25, 0.3) is 0 Å². The molecule has 0 heterocycles. The summed E-state index contributed by atoms with van der Waals surface area (Å²) in [6.45, 7) is 5.85. The molecule has 0 saturated heterocycles. The summed E-state index contributed by atoms with van der Waals surface area (Å²) >= 11 is -0.633. The third-order valence-corrected chi connectivity index (χ3v) is 3.63. The summed E-state index contributed by atoms with van der Waals surface area (Å²) in [6, 6.07) is 0. The number of unbranched alkanes of at least 4 members (excludes halogenated alkanes) is 1. The third-order valence-electron chi connectivity index (χ3n) is 1.57. The monoisotopic (exact) mass is 271 g/mol. The fourth-order valence-electron chi connectivity index (χ4n) is 0.933. The summed E-state index contributed by atoms with van der Waals surface area (Å²) in [5.74, 6) is 0.882. The molecule has 1 nitrogen and oxygen atoms in total. The number of alkyl halides is 2. The average Bonchev–Trinajstić information content (AvgIpc) is 1.85. The van der Waals surface area contributed by atoms with Gasteiger partial charge in [-0.05, 0) is 0 Å². The predicted molar refractivity (Wildman–Crippen MR) is 62.6 cm³/mol. The molecule has 0 fully saturated rings. The second-order valence-electron chi connectivity index (χ2n) is 3.53. The van der Waals surface area contributed by atoms with Gasteiger partial charge in [-0.3, -0.25) is 0 Å². The van der Waals surface area contributed by atoms with Crippen LogP contribution in [0.4, 0.5) is 0 Å². The van der Waals surface area contributed by atoms with Crippen molar-refractivity contribution in [1.29, 1.82) is 0 Å². The molecule has 2 heteroatoms. The van der Waals surface area contributed by atoms with Gasteiger partial charge in [0.05, 0.1) is 0 Å². The molecule has 0 aromatic rings. The minimum absolute atomic E-state index is 0.633. The molecule has 0 unspecified atom stereocenters. The van der Waals surface area contributed by atoms with E-state index >= 15 is 0 Å². The van der Waals surface area contributed by atoms with Gasteiger partial charge in [0, 0.05) is 0 Å². The quantitative estimate of drug-likeness (QED) is 0.339. The van der Waals surface area contributed by atoms with E-state index in [1.54, 1.807) is 0 Å². The van der Waals surface area contributed by atoms with Gasteiger partial charge >= 0.3 is 79.1 Å². The maximum atomic E-state index is 3.58. The Morgan fingerprint density at radius 2 is 1.82 bits per heavy atom. The zero-order chi connectivity index (χ0) is 8.69. The Labute approximate surface area is 79.1 Å². The first-order chi connectivity index (χ1) is 5.13. The average molecular weight is 271 g/mol. The van der Waals surface area contributed by atoms with Crippen LogP contribution in [0.1, 0.15) is 33.1 Å². The zero-order valence-corrected chi connectivity index (χ0v) is 10.4. The van der Waals surface area contributed by atoms with Crippen LogP contribution in [0.3, 0.4) is 0 Å². The van der Waals surface area contributed by atoms with E-state index in [2.05, 4.69) is 27.2 Å². The van der Waals surface area contributed by atoms with E-state index < -0.39 is 20.1 Å². The Balaban J connectivity index is 2.91. The Morgan fingerprint density at radius 3 is 2.27 bits per heavy atom. The standard InChI is InChI=1S/C9H22IN/c1-9(2)7-5-6-8-11-10(3)4/h9,11H,5-8H2,1-4H3. The predicted octanol–water partition coefficient (Wildman–Crippen LogP) is 3.08. The number of hydrogen-bond acceptors (Lipinski definition) is 1. The van der Waals surface area contributed by atoms with Crippen LogP contribution in [0, 0.1) is 5.92 Å². The molecule has 0 amide bonds. The third kappa shape index (κ3) is 10.7. The van der Waals surface area contributed by atoms with E-state index in [-0.39, 0.29) is 0 Å². The van der Waals surface area contributed by atoms with Crippen molar-refractivity contribution in [2.24, 2.45) is 5.92 Å². The van der Waals surface area contributed by atoms with Gasteiger partial charge in [-0.1, -0.05) is 0 Å². The van der Waals surface area contributed by atoms with Gasteiger partial charge in [0.2, 0.25) is 0 Å². The molecule has 70 valence electrons. The second kappa shape index (κ2) is 7.35. The van der Waals surface area contributed by atoms with Crippen molar-refractivity contribution in [1.82, 2.24) is 3.53 Å². The fourth-order valence-corrected chi connectivity index (χ4v) is 2.39. The molecule has 0 rings (SSSR count). The molecule has 0 aliphatic heterocycles. The van der Waals surface area contributed by atoms with Crippen LogP contribution in [0.5, 0.6) is 0 Å². The molecule has 11 heavy (non-hydrogen) atoms. The van der Waals surface area contributed by atoms with Gasteiger partial charge in [0.1, 0.15) is 0 Å². The van der Waals surface area contributed by atoms with Gasteiger partial charge in [-0.2, -0.15) is 0 Å². The van der Waals surface area contributed by atoms with E-state index in [9.17, 15) is 0 Å². The van der Waals surface area contributed by atoms with Crippen LogP contribution in [-0.2, 0) is 0 Å². The van der Waals surface area contributed by atoms with E-state index in [0.717, 1.165) is 5.92 Å². The van der Waals surface area contributed by atoms with Crippen LogP contribution in [0.15, 0.2) is 0 Å². The Morgan fingerprint density at radius 1 is 1.18 bits per heavy atom. The molecule has 1 N–H and O–H groups in total. The molecule has 0 aromatic carbocycles. The first-order valence-corrected chi connectivity index (χ1v) is 9.76. The number of hydrogen-bond donors (Lipinski definition) is 1. The summed E-state index contributed by atoms with van der Waals surface area (Å²) in [5.41, 5.74) is 0. The molecule has 0 atom stereocenters. The van der Waals surface area contributed by atoms with Gasteiger partial charge in [0.15, 0.2) is 0 Å². The van der Waals surface area contributed by atoms with Crippen molar-refractivity contribution in [3.8, 4) is 0 Å². The molecule has 0 aromatic heterocycles. The van der Waals surface area contributed by atoms with Crippen molar-refractivity contribution < 1.29 is 0 Å². The molecule has 0 aliphatic rings. The topological polar surface area (TPSA) is 12.0 Å². The number of nitrogens with one attached hydrogen (secondary N) is 1. The molecule has 0 saturated carbocycles. The molecule has 0 radical (unpaired) electrons. The molecule has 0 bridgehead atoms. The van der Waals surface area contributed by atoms with Crippen LogP contribution < -0.4 is 3.53 Å². The van der Waals surface area contributed by atoms with E-state index in [1.165, 1.54) is 25.8 Å². The van der Waals surface area contributed by atoms with Gasteiger partial charge in [-0.15, -0.1) is 0 Å². The fraction of sp³-hybridized carbons (Fsp3) is 1.00. The van der Waals surface area contributed by atoms with Crippen molar-refractivity contribution >= 4 is 20.1 Å². The zero-order valence-electron chi connectivity index (χ0n) is 8.28. The van der Waals surface area contributed by atoms with E-state index in [0.29, 0.717) is 0 Å². The van der Waals surface area contributed by atoms with Crippen molar-refractivity contribution in [2.75, 3.05) is 16.4 Å². The summed E-state index contributed by atoms with van der Waals surface area (Å²) in [6.07, 6.45) is 4.16. The summed E-state index contributed by atoms with van der Waals surface area (Å²) in [4.78, 5) is 4.71. The first-order valence-electron chi connectivity index (χ1n) is 4.36. The van der Waals surface area contributed by atoms with Gasteiger partial charge in [0.25, 0.3) is 0 Å². The van der Waals surface area contributed by atoms with E-state index in [1.807, 2.05) is 0 Å².